The molecular weight excluding hydrogens is 477 g/mol. The van der Waals surface area contributed by atoms with Crippen LogP contribution in [0.4, 0.5) is 10.2 Å². The van der Waals surface area contributed by atoms with Crippen LogP contribution in [-0.2, 0) is 22.5 Å². The van der Waals surface area contributed by atoms with E-state index in [1.807, 2.05) is 18.2 Å². The highest BCUT2D eigenvalue weighted by molar-refractivity contribution is 5.94. The van der Waals surface area contributed by atoms with E-state index < -0.39 is 0 Å². The second-order valence-electron chi connectivity index (χ2n) is 10.3. The summed E-state index contributed by atoms with van der Waals surface area (Å²) in [5.74, 6) is 0.967. The lowest BCUT2D eigenvalue weighted by Crippen LogP contribution is -2.53. The van der Waals surface area contributed by atoms with Crippen molar-refractivity contribution in [1.29, 1.82) is 0 Å². The van der Waals surface area contributed by atoms with Crippen molar-refractivity contribution < 1.29 is 23.4 Å². The molecule has 7 rings (SSSR count). The molecule has 0 aromatic carbocycles. The summed E-state index contributed by atoms with van der Waals surface area (Å²) in [6, 6.07) is 7.31. The second kappa shape index (κ2) is 9.50. The Hall–Kier alpha value is -3.37. The predicted octanol–water partition coefficient (Wildman–Crippen LogP) is 3.70. The minimum absolute atomic E-state index is 0.0171. The molecule has 10 heteroatoms. The van der Waals surface area contributed by atoms with Gasteiger partial charge in [-0.15, -0.1) is 0 Å². The summed E-state index contributed by atoms with van der Waals surface area (Å²) in [6.07, 6.45) is 7.39. The van der Waals surface area contributed by atoms with Gasteiger partial charge in [-0.25, -0.2) is 14.4 Å². The van der Waals surface area contributed by atoms with Crippen molar-refractivity contribution in [2.45, 2.75) is 62.6 Å². The summed E-state index contributed by atoms with van der Waals surface area (Å²) >= 11 is 0. The van der Waals surface area contributed by atoms with Crippen LogP contribution in [0.25, 0.3) is 11.0 Å². The van der Waals surface area contributed by atoms with Crippen molar-refractivity contribution >= 4 is 22.8 Å². The Balaban J connectivity index is 1.12. The van der Waals surface area contributed by atoms with Crippen LogP contribution in [0.1, 0.15) is 49.8 Å². The number of carbonyl (C=O) groups excluding carboxylic acids is 1. The fourth-order valence-corrected chi connectivity index (χ4v) is 5.76. The Kier molecular flexibility index (Phi) is 6.16. The molecule has 0 spiro atoms. The standard InChI is InChI=1S/C27H30FN5O4/c1-35-23-6-4-20-24(33-23)18(19(28)14-29-20)7-10-27-9-2-8-26(11-12-27,16-37-27)30-13-17-3-5-21-25(31-17)32-22(34)15-36-21/h3-6,14,30H,2,7-13,15-16H2,1H3,(H,31,32,34). The highest BCUT2D eigenvalue weighted by Gasteiger charge is 2.46. The summed E-state index contributed by atoms with van der Waals surface area (Å²) in [7, 11) is 1.55. The van der Waals surface area contributed by atoms with Crippen molar-refractivity contribution in [3.8, 4) is 11.6 Å². The zero-order chi connectivity index (χ0) is 25.5. The molecular formula is C27H30FN5O4. The first-order valence-electron chi connectivity index (χ1n) is 12.8. The molecule has 0 radical (unpaired) electrons. The Morgan fingerprint density at radius 2 is 2.08 bits per heavy atom. The largest absolute Gasteiger partial charge is 0.481 e. The van der Waals surface area contributed by atoms with Gasteiger partial charge in [0.25, 0.3) is 5.91 Å². The van der Waals surface area contributed by atoms with Crippen LogP contribution in [-0.4, -0.2) is 52.3 Å². The van der Waals surface area contributed by atoms with E-state index in [4.69, 9.17) is 14.2 Å². The number of carbonyl (C=O) groups is 1. The molecule has 3 aliphatic heterocycles. The van der Waals surface area contributed by atoms with E-state index in [9.17, 15) is 9.18 Å². The number of anilines is 1. The summed E-state index contributed by atoms with van der Waals surface area (Å²) < 4.78 is 32.1. The predicted molar refractivity (Wildman–Crippen MR) is 134 cm³/mol. The van der Waals surface area contributed by atoms with Crippen LogP contribution in [0.15, 0.2) is 30.5 Å². The summed E-state index contributed by atoms with van der Waals surface area (Å²) in [5, 5.41) is 6.46. The highest BCUT2D eigenvalue weighted by Crippen LogP contribution is 2.44. The van der Waals surface area contributed by atoms with Crippen LogP contribution in [0.5, 0.6) is 11.6 Å². The van der Waals surface area contributed by atoms with Crippen molar-refractivity contribution in [1.82, 2.24) is 20.3 Å². The van der Waals surface area contributed by atoms with Gasteiger partial charge < -0.3 is 24.8 Å². The van der Waals surface area contributed by atoms with Gasteiger partial charge in [0.05, 0.1) is 42.2 Å². The van der Waals surface area contributed by atoms with Gasteiger partial charge in [-0.2, -0.15) is 0 Å². The minimum atomic E-state index is -0.343. The Morgan fingerprint density at radius 3 is 2.92 bits per heavy atom. The molecule has 3 fully saturated rings. The number of rotatable bonds is 7. The first-order chi connectivity index (χ1) is 18.0. The van der Waals surface area contributed by atoms with Crippen molar-refractivity contribution in [2.75, 3.05) is 25.6 Å². The molecule has 9 nitrogen and oxygen atoms in total. The molecule has 3 aromatic heterocycles. The van der Waals surface area contributed by atoms with Gasteiger partial charge in [0.1, 0.15) is 5.82 Å². The molecule has 2 saturated heterocycles. The van der Waals surface area contributed by atoms with E-state index in [0.29, 0.717) is 53.6 Å². The van der Waals surface area contributed by atoms with Gasteiger partial charge in [-0.3, -0.25) is 9.78 Å². The molecule has 2 atom stereocenters. The van der Waals surface area contributed by atoms with Gasteiger partial charge >= 0.3 is 0 Å². The average molecular weight is 508 g/mol. The number of nitrogens with zero attached hydrogens (tertiary/aromatic N) is 3. The van der Waals surface area contributed by atoms with E-state index in [0.717, 1.165) is 44.2 Å². The zero-order valence-corrected chi connectivity index (χ0v) is 20.8. The number of methoxy groups -OCH3 is 1. The third kappa shape index (κ3) is 4.71. The van der Waals surface area contributed by atoms with Gasteiger partial charge in [0, 0.05) is 23.7 Å². The lowest BCUT2D eigenvalue weighted by atomic mass is 9.82. The average Bonchev–Trinajstić information content (AvgIpc) is 3.21. The van der Waals surface area contributed by atoms with Crippen molar-refractivity contribution in [3.63, 3.8) is 0 Å². The number of aromatic nitrogens is 3. The number of halogens is 1. The van der Waals surface area contributed by atoms with Gasteiger partial charge in [-0.05, 0) is 63.1 Å². The highest BCUT2D eigenvalue weighted by atomic mass is 19.1. The van der Waals surface area contributed by atoms with Crippen LogP contribution >= 0.6 is 0 Å². The van der Waals surface area contributed by atoms with Gasteiger partial charge in [0.15, 0.2) is 18.2 Å². The second-order valence-corrected chi connectivity index (χ2v) is 10.3. The molecule has 37 heavy (non-hydrogen) atoms. The molecule has 6 heterocycles. The quantitative estimate of drug-likeness (QED) is 0.499. The molecule has 1 amide bonds. The first-order valence-corrected chi connectivity index (χ1v) is 12.8. The summed E-state index contributed by atoms with van der Waals surface area (Å²) in [5.41, 5.74) is 2.22. The van der Waals surface area contributed by atoms with E-state index in [-0.39, 0.29) is 29.5 Å². The van der Waals surface area contributed by atoms with Gasteiger partial charge in [0.2, 0.25) is 5.88 Å². The van der Waals surface area contributed by atoms with Crippen LogP contribution < -0.4 is 20.1 Å². The molecule has 1 saturated carbocycles. The molecule has 194 valence electrons. The van der Waals surface area contributed by atoms with Crippen molar-refractivity contribution in [2.24, 2.45) is 0 Å². The SMILES string of the molecule is COc1ccc2ncc(F)c(CCC34CCCC(NCc5ccc6c(n5)NC(=O)CO6)(CC3)CO4)c2n1. The Labute approximate surface area is 214 Å². The monoisotopic (exact) mass is 507 g/mol. The topological polar surface area (TPSA) is 107 Å². The number of hydrogen-bond acceptors (Lipinski definition) is 8. The molecule has 2 bridgehead atoms. The molecule has 2 N–H and O–H groups in total. The number of ether oxygens (including phenoxy) is 3. The molecule has 4 aliphatic rings. The normalized spacial score (nSPS) is 24.8. The number of nitrogens with one attached hydrogen (secondary N) is 2. The lowest BCUT2D eigenvalue weighted by molar-refractivity contribution is -0.118. The lowest BCUT2D eigenvalue weighted by Gasteiger charge is -2.43. The Bertz CT molecular complexity index is 1340. The maximum absolute atomic E-state index is 14.8. The maximum Gasteiger partial charge on any atom is 0.263 e. The van der Waals surface area contributed by atoms with Crippen LogP contribution in [0.3, 0.4) is 0 Å². The summed E-state index contributed by atoms with van der Waals surface area (Å²) in [4.78, 5) is 24.9. The number of pyridine rings is 3. The maximum atomic E-state index is 14.8. The summed E-state index contributed by atoms with van der Waals surface area (Å²) in [6.45, 7) is 1.19. The van der Waals surface area contributed by atoms with E-state index in [1.165, 1.54) is 6.20 Å². The number of fused-ring (bicyclic) bond motifs is 6. The fraction of sp³-hybridized carbons (Fsp3) is 0.481. The van der Waals surface area contributed by atoms with E-state index in [1.54, 1.807) is 13.2 Å². The third-order valence-electron chi connectivity index (χ3n) is 7.96. The minimum Gasteiger partial charge on any atom is -0.481 e. The van der Waals surface area contributed by atoms with Gasteiger partial charge in [-0.1, -0.05) is 0 Å². The fourth-order valence-electron chi connectivity index (χ4n) is 5.76. The van der Waals surface area contributed by atoms with Crippen LogP contribution in [0, 0.1) is 5.82 Å². The first kappa shape index (κ1) is 24.0. The number of amides is 1. The molecule has 1 aliphatic carbocycles. The molecule has 3 aromatic rings. The van der Waals surface area contributed by atoms with E-state index in [2.05, 4.69) is 25.6 Å². The third-order valence-corrected chi connectivity index (χ3v) is 7.96. The number of hydrogen-bond donors (Lipinski definition) is 2. The Morgan fingerprint density at radius 1 is 1.16 bits per heavy atom. The van der Waals surface area contributed by atoms with Crippen LogP contribution in [0.2, 0.25) is 0 Å². The molecule has 2 unspecified atom stereocenters. The zero-order valence-electron chi connectivity index (χ0n) is 20.8. The van der Waals surface area contributed by atoms with E-state index >= 15 is 0 Å². The van der Waals surface area contributed by atoms with Crippen molar-refractivity contribution in [3.05, 3.63) is 47.5 Å². The smallest absolute Gasteiger partial charge is 0.263 e. The number of aryl methyl sites for hydroxylation is 1.